The zero-order chi connectivity index (χ0) is 34.2. The van der Waals surface area contributed by atoms with Gasteiger partial charge in [-0.1, -0.05) is 97.1 Å². The van der Waals surface area contributed by atoms with Gasteiger partial charge in [0.1, 0.15) is 23.0 Å². The number of aromatic hydroxyl groups is 4. The van der Waals surface area contributed by atoms with E-state index in [1.54, 1.807) is 48.6 Å². The van der Waals surface area contributed by atoms with Gasteiger partial charge < -0.3 is 20.4 Å². The van der Waals surface area contributed by atoms with Crippen molar-refractivity contribution in [2.75, 3.05) is 0 Å². The van der Waals surface area contributed by atoms with Crippen LogP contribution in [-0.2, 0) is 25.7 Å². The van der Waals surface area contributed by atoms with E-state index in [-0.39, 0.29) is 34.8 Å². The van der Waals surface area contributed by atoms with Gasteiger partial charge in [0.2, 0.25) is 0 Å². The van der Waals surface area contributed by atoms with Crippen LogP contribution < -0.4 is 0 Å². The first-order chi connectivity index (χ1) is 23.3. The fourth-order valence-electron chi connectivity index (χ4n) is 6.45. The molecule has 5 aromatic carbocycles. The number of rotatable bonds is 14. The Morgan fingerprint density at radius 1 is 0.354 bits per heavy atom. The Balaban J connectivity index is 1.67. The summed E-state index contributed by atoms with van der Waals surface area (Å²) in [5.41, 5.74) is 9.26. The van der Waals surface area contributed by atoms with Crippen LogP contribution >= 0.6 is 0 Å². The molecule has 0 atom stereocenters. The average Bonchev–Trinajstić information content (AvgIpc) is 3.08. The Labute approximate surface area is 283 Å². The van der Waals surface area contributed by atoms with Crippen molar-refractivity contribution in [2.45, 2.75) is 37.5 Å². The van der Waals surface area contributed by atoms with Gasteiger partial charge in [-0.25, -0.2) is 0 Å². The summed E-state index contributed by atoms with van der Waals surface area (Å²) < 4.78 is 0. The van der Waals surface area contributed by atoms with Crippen molar-refractivity contribution >= 4 is 0 Å². The Morgan fingerprint density at radius 2 is 0.562 bits per heavy atom. The van der Waals surface area contributed by atoms with Crippen molar-refractivity contribution in [1.82, 2.24) is 0 Å². The Hall–Kier alpha value is -5.74. The predicted molar refractivity (Wildman–Crippen MR) is 196 cm³/mol. The minimum Gasteiger partial charge on any atom is -0.508 e. The highest BCUT2D eigenvalue weighted by molar-refractivity contribution is 5.54. The molecular formula is C44H42O4. The van der Waals surface area contributed by atoms with Crippen molar-refractivity contribution in [3.63, 3.8) is 0 Å². The third-order valence-corrected chi connectivity index (χ3v) is 8.81. The molecule has 0 unspecified atom stereocenters. The molecule has 0 aromatic heterocycles. The minimum atomic E-state index is -0.188. The number of benzene rings is 5. The van der Waals surface area contributed by atoms with E-state index >= 15 is 0 Å². The molecule has 4 nitrogen and oxygen atoms in total. The van der Waals surface area contributed by atoms with Crippen molar-refractivity contribution < 1.29 is 20.4 Å². The number of hydrogen-bond donors (Lipinski definition) is 4. The lowest BCUT2D eigenvalue weighted by Crippen LogP contribution is -2.08. The predicted octanol–water partition coefficient (Wildman–Crippen LogP) is 9.78. The lowest BCUT2D eigenvalue weighted by atomic mass is 9.80. The summed E-state index contributed by atoms with van der Waals surface area (Å²) in [6, 6.07) is 31.3. The summed E-state index contributed by atoms with van der Waals surface area (Å²) in [5.74, 6) is 0.524. The first kappa shape index (κ1) is 33.6. The standard InChI is InChI=1S/C44H42O4/c1-5-9-31-25-35(17-21-39(31)45)43(36-18-22-40(46)32(26-36)10-6-2)29-13-15-30(16-14-29)44(37-19-23-41(47)33(27-37)11-7-3)38-20-24-42(48)34(28-38)12-8-4/h5-8,13-28,43-48H,1-4,9-12H2. The Morgan fingerprint density at radius 3 is 0.771 bits per heavy atom. The monoisotopic (exact) mass is 634 g/mol. The second-order valence-corrected chi connectivity index (χ2v) is 12.1. The van der Waals surface area contributed by atoms with Gasteiger partial charge in [0.05, 0.1) is 0 Å². The van der Waals surface area contributed by atoms with Crippen LogP contribution in [0.15, 0.2) is 148 Å². The van der Waals surface area contributed by atoms with Gasteiger partial charge in [-0.15, -0.1) is 26.3 Å². The number of allylic oxidation sites excluding steroid dienone is 4. The first-order valence-corrected chi connectivity index (χ1v) is 16.1. The SMILES string of the molecule is C=CCc1cc(C(c2ccc(C(c3ccc(O)c(CC=C)c3)c3ccc(O)c(CC=C)c3)cc2)c2ccc(O)c(CC=C)c2)ccc1O. The molecule has 5 rings (SSSR count). The van der Waals surface area contributed by atoms with Gasteiger partial charge in [-0.3, -0.25) is 0 Å². The molecule has 48 heavy (non-hydrogen) atoms. The lowest BCUT2D eigenvalue weighted by Gasteiger charge is -2.24. The Kier molecular flexibility index (Phi) is 10.7. The van der Waals surface area contributed by atoms with E-state index < -0.39 is 0 Å². The fourth-order valence-corrected chi connectivity index (χ4v) is 6.45. The zero-order valence-corrected chi connectivity index (χ0v) is 27.1. The van der Waals surface area contributed by atoms with Crippen LogP contribution in [0.4, 0.5) is 0 Å². The van der Waals surface area contributed by atoms with E-state index in [9.17, 15) is 20.4 Å². The maximum absolute atomic E-state index is 10.6. The van der Waals surface area contributed by atoms with Crippen LogP contribution in [0.1, 0.15) is 67.5 Å². The molecule has 0 aliphatic carbocycles. The first-order valence-electron chi connectivity index (χ1n) is 16.1. The maximum Gasteiger partial charge on any atom is 0.119 e. The van der Waals surface area contributed by atoms with Crippen molar-refractivity contribution in [1.29, 1.82) is 0 Å². The number of phenols is 4. The molecule has 0 radical (unpaired) electrons. The molecule has 4 N–H and O–H groups in total. The van der Waals surface area contributed by atoms with Crippen molar-refractivity contribution in [3.05, 3.63) is 203 Å². The molecule has 0 aliphatic heterocycles. The van der Waals surface area contributed by atoms with Crippen LogP contribution in [-0.4, -0.2) is 20.4 Å². The van der Waals surface area contributed by atoms with Gasteiger partial charge in [0, 0.05) is 11.8 Å². The topological polar surface area (TPSA) is 80.9 Å². The lowest BCUT2D eigenvalue weighted by molar-refractivity contribution is 0.468. The van der Waals surface area contributed by atoms with Crippen LogP contribution in [0, 0.1) is 0 Å². The number of phenolic OH excluding ortho intramolecular Hbond substituents is 4. The van der Waals surface area contributed by atoms with Crippen LogP contribution in [0.3, 0.4) is 0 Å². The summed E-state index contributed by atoms with van der Waals surface area (Å²) in [6.07, 6.45) is 9.24. The molecule has 0 saturated heterocycles. The summed E-state index contributed by atoms with van der Waals surface area (Å²) >= 11 is 0. The smallest absolute Gasteiger partial charge is 0.119 e. The molecule has 242 valence electrons. The van der Waals surface area contributed by atoms with Gasteiger partial charge in [0.25, 0.3) is 0 Å². The van der Waals surface area contributed by atoms with E-state index in [2.05, 4.69) is 50.6 Å². The van der Waals surface area contributed by atoms with E-state index in [0.29, 0.717) is 25.7 Å². The molecule has 5 aromatic rings. The highest BCUT2D eigenvalue weighted by Gasteiger charge is 2.23. The van der Waals surface area contributed by atoms with Crippen molar-refractivity contribution in [3.8, 4) is 23.0 Å². The van der Waals surface area contributed by atoms with Gasteiger partial charge >= 0.3 is 0 Å². The van der Waals surface area contributed by atoms with Crippen LogP contribution in [0.25, 0.3) is 0 Å². The summed E-state index contributed by atoms with van der Waals surface area (Å²) in [7, 11) is 0. The van der Waals surface area contributed by atoms with Crippen LogP contribution in [0.2, 0.25) is 0 Å². The molecule has 0 saturated carbocycles. The van der Waals surface area contributed by atoms with Crippen molar-refractivity contribution in [2.24, 2.45) is 0 Å². The second kappa shape index (κ2) is 15.2. The molecule has 0 spiro atoms. The van der Waals surface area contributed by atoms with Gasteiger partial charge in [-0.05, 0) is 106 Å². The van der Waals surface area contributed by atoms with Gasteiger partial charge in [-0.2, -0.15) is 0 Å². The molecule has 0 aliphatic rings. The highest BCUT2D eigenvalue weighted by Crippen LogP contribution is 2.40. The molecular weight excluding hydrogens is 592 g/mol. The second-order valence-electron chi connectivity index (χ2n) is 12.1. The third-order valence-electron chi connectivity index (χ3n) is 8.81. The van der Waals surface area contributed by atoms with E-state index in [1.165, 1.54) is 0 Å². The largest absolute Gasteiger partial charge is 0.508 e. The molecule has 0 amide bonds. The normalized spacial score (nSPS) is 11.0. The maximum atomic E-state index is 10.6. The molecule has 0 heterocycles. The molecule has 4 heteroatoms. The number of hydrogen-bond acceptors (Lipinski definition) is 4. The van der Waals surface area contributed by atoms with E-state index in [4.69, 9.17) is 0 Å². The average molecular weight is 635 g/mol. The van der Waals surface area contributed by atoms with E-state index in [0.717, 1.165) is 55.6 Å². The quantitative estimate of drug-likeness (QED) is 0.0724. The Bertz CT molecular complexity index is 1690. The van der Waals surface area contributed by atoms with Gasteiger partial charge in [0.15, 0.2) is 0 Å². The molecule has 0 fully saturated rings. The van der Waals surface area contributed by atoms with Crippen LogP contribution in [0.5, 0.6) is 23.0 Å². The van der Waals surface area contributed by atoms with E-state index in [1.807, 2.05) is 48.5 Å². The summed E-state index contributed by atoms with van der Waals surface area (Å²) in [6.45, 7) is 15.4. The summed E-state index contributed by atoms with van der Waals surface area (Å²) in [5, 5.41) is 42.2. The zero-order valence-electron chi connectivity index (χ0n) is 27.1. The highest BCUT2D eigenvalue weighted by atomic mass is 16.3. The fraction of sp³-hybridized carbons (Fsp3) is 0.136. The third kappa shape index (κ3) is 7.29. The minimum absolute atomic E-state index is 0.188. The summed E-state index contributed by atoms with van der Waals surface area (Å²) in [4.78, 5) is 0. The molecule has 0 bridgehead atoms.